The number of carbonyl (C=O) groups excluding carboxylic acids is 1. The largest absolute Gasteiger partial charge is 0.343 e. The van der Waals surface area contributed by atoms with Crippen LogP contribution in [-0.4, -0.2) is 44.9 Å². The van der Waals surface area contributed by atoms with Crippen molar-refractivity contribution < 1.29 is 4.79 Å². The summed E-state index contributed by atoms with van der Waals surface area (Å²) in [7, 11) is 0. The SMILES string of the molecule is CCCCC[C@@H]1S[C@H]1C[C@H]1S[C@H]1CCCCCCCC(=O)N(CCCC)CCCC. The number of carbonyl (C=O) groups is 1. The molecule has 0 spiro atoms. The van der Waals surface area contributed by atoms with E-state index in [4.69, 9.17) is 0 Å². The third kappa shape index (κ3) is 11.2. The Kier molecular flexibility index (Phi) is 14.0. The molecule has 2 aliphatic heterocycles. The Hall–Kier alpha value is 0.170. The van der Waals surface area contributed by atoms with Crippen molar-refractivity contribution in [1.82, 2.24) is 4.90 Å². The van der Waals surface area contributed by atoms with Gasteiger partial charge in [-0.3, -0.25) is 4.79 Å². The lowest BCUT2D eigenvalue weighted by molar-refractivity contribution is -0.131. The molecule has 30 heavy (non-hydrogen) atoms. The molecule has 1 amide bonds. The fourth-order valence-corrected chi connectivity index (χ4v) is 7.05. The van der Waals surface area contributed by atoms with Crippen LogP contribution in [0.1, 0.15) is 124 Å². The number of hydrogen-bond donors (Lipinski definition) is 0. The molecule has 4 atom stereocenters. The summed E-state index contributed by atoms with van der Waals surface area (Å²) in [6.45, 7) is 8.66. The van der Waals surface area contributed by atoms with Gasteiger partial charge in [0, 0.05) is 40.5 Å². The lowest BCUT2D eigenvalue weighted by atomic mass is 10.0. The van der Waals surface area contributed by atoms with Gasteiger partial charge >= 0.3 is 0 Å². The fraction of sp³-hybridized carbons (Fsp3) is 0.962. The summed E-state index contributed by atoms with van der Waals surface area (Å²) in [5, 5.41) is 4.00. The van der Waals surface area contributed by atoms with Crippen LogP contribution in [0.15, 0.2) is 0 Å². The summed E-state index contributed by atoms with van der Waals surface area (Å²) in [5.74, 6) is 0.403. The quantitative estimate of drug-likeness (QED) is 0.137. The molecule has 2 saturated heterocycles. The fourth-order valence-electron chi connectivity index (χ4n) is 4.47. The van der Waals surface area contributed by atoms with E-state index in [0.29, 0.717) is 5.91 Å². The molecule has 0 aromatic rings. The first-order valence-corrected chi connectivity index (χ1v) is 15.2. The van der Waals surface area contributed by atoms with Gasteiger partial charge in [0.2, 0.25) is 5.91 Å². The molecule has 0 aromatic carbocycles. The van der Waals surface area contributed by atoms with Gasteiger partial charge in [-0.05, 0) is 38.5 Å². The summed E-state index contributed by atoms with van der Waals surface area (Å²) in [4.78, 5) is 14.6. The topological polar surface area (TPSA) is 20.3 Å². The van der Waals surface area contributed by atoms with Crippen molar-refractivity contribution in [2.75, 3.05) is 13.1 Å². The highest BCUT2D eigenvalue weighted by Crippen LogP contribution is 2.55. The van der Waals surface area contributed by atoms with Gasteiger partial charge in [-0.2, -0.15) is 23.5 Å². The van der Waals surface area contributed by atoms with E-state index in [2.05, 4.69) is 49.2 Å². The zero-order valence-electron chi connectivity index (χ0n) is 20.2. The zero-order valence-corrected chi connectivity index (χ0v) is 21.8. The van der Waals surface area contributed by atoms with E-state index in [9.17, 15) is 4.79 Å². The van der Waals surface area contributed by atoms with Crippen LogP contribution < -0.4 is 0 Å². The number of amides is 1. The molecule has 0 bridgehead atoms. The van der Waals surface area contributed by atoms with Crippen molar-refractivity contribution >= 4 is 29.4 Å². The molecule has 0 aromatic heterocycles. The second-order valence-corrected chi connectivity index (χ2v) is 12.5. The van der Waals surface area contributed by atoms with Crippen molar-refractivity contribution in [3.05, 3.63) is 0 Å². The van der Waals surface area contributed by atoms with Crippen molar-refractivity contribution in [3.8, 4) is 0 Å². The highest BCUT2D eigenvalue weighted by atomic mass is 32.2. The third-order valence-electron chi connectivity index (χ3n) is 6.73. The predicted molar refractivity (Wildman–Crippen MR) is 138 cm³/mol. The summed E-state index contributed by atoms with van der Waals surface area (Å²) >= 11 is 4.52. The molecule has 0 radical (unpaired) electrons. The first kappa shape index (κ1) is 26.4. The molecule has 0 saturated carbocycles. The number of rotatable bonds is 20. The van der Waals surface area contributed by atoms with Gasteiger partial charge in [0.05, 0.1) is 0 Å². The van der Waals surface area contributed by atoms with Gasteiger partial charge < -0.3 is 4.90 Å². The second-order valence-electron chi connectivity index (χ2n) is 9.55. The van der Waals surface area contributed by atoms with Crippen molar-refractivity contribution in [2.45, 2.75) is 145 Å². The highest BCUT2D eigenvalue weighted by molar-refractivity contribution is 8.08. The Labute approximate surface area is 196 Å². The van der Waals surface area contributed by atoms with Crippen LogP contribution in [0.3, 0.4) is 0 Å². The van der Waals surface area contributed by atoms with Crippen LogP contribution in [0.4, 0.5) is 0 Å². The molecule has 0 aliphatic carbocycles. The smallest absolute Gasteiger partial charge is 0.222 e. The minimum atomic E-state index is 0.403. The van der Waals surface area contributed by atoms with Gasteiger partial charge in [0.1, 0.15) is 0 Å². The van der Waals surface area contributed by atoms with E-state index in [1.54, 1.807) is 0 Å². The Bertz CT molecular complexity index is 450. The first-order valence-electron chi connectivity index (χ1n) is 13.3. The minimum absolute atomic E-state index is 0.403. The normalized spacial score (nSPS) is 24.8. The van der Waals surface area contributed by atoms with E-state index >= 15 is 0 Å². The minimum Gasteiger partial charge on any atom is -0.343 e. The summed E-state index contributed by atoms with van der Waals surface area (Å²) in [6, 6.07) is 0. The summed E-state index contributed by atoms with van der Waals surface area (Å²) in [6.07, 6.45) is 20.5. The van der Waals surface area contributed by atoms with Crippen LogP contribution in [-0.2, 0) is 4.79 Å². The van der Waals surface area contributed by atoms with Crippen LogP contribution in [0.5, 0.6) is 0 Å². The molecular weight excluding hydrogens is 406 g/mol. The lowest BCUT2D eigenvalue weighted by Gasteiger charge is -2.22. The van der Waals surface area contributed by atoms with E-state index in [-0.39, 0.29) is 0 Å². The molecule has 0 unspecified atom stereocenters. The standard InChI is InChI=1S/C26H49NOS2/c1-4-7-13-16-22-24(29-22)21-25-23(30-25)17-14-11-10-12-15-18-26(28)27(19-8-5-2)20-9-6-3/h22-25H,4-21H2,1-3H3/t22-,23-,24-,25+/m0/s1. The maximum absolute atomic E-state index is 12.5. The molecule has 176 valence electrons. The number of unbranched alkanes of at least 4 members (excludes halogenated alkanes) is 8. The monoisotopic (exact) mass is 455 g/mol. The highest BCUT2D eigenvalue weighted by Gasteiger charge is 2.46. The molecule has 2 aliphatic rings. The predicted octanol–water partition coefficient (Wildman–Crippen LogP) is 8.08. The van der Waals surface area contributed by atoms with Crippen LogP contribution in [0, 0.1) is 0 Å². The van der Waals surface area contributed by atoms with Crippen molar-refractivity contribution in [1.29, 1.82) is 0 Å². The Balaban J connectivity index is 1.40. The van der Waals surface area contributed by atoms with Gasteiger partial charge in [-0.15, -0.1) is 0 Å². The van der Waals surface area contributed by atoms with Crippen LogP contribution in [0.25, 0.3) is 0 Å². The average molecular weight is 456 g/mol. The Morgan fingerprint density at radius 2 is 1.13 bits per heavy atom. The Morgan fingerprint density at radius 3 is 1.70 bits per heavy atom. The molecule has 2 heterocycles. The van der Waals surface area contributed by atoms with Crippen molar-refractivity contribution in [3.63, 3.8) is 0 Å². The molecule has 2 nitrogen and oxygen atoms in total. The van der Waals surface area contributed by atoms with Crippen LogP contribution >= 0.6 is 23.5 Å². The maximum Gasteiger partial charge on any atom is 0.222 e. The van der Waals surface area contributed by atoms with Gasteiger partial charge in [-0.1, -0.05) is 78.6 Å². The average Bonchev–Trinajstić information content (AvgIpc) is 3.66. The van der Waals surface area contributed by atoms with E-state index in [0.717, 1.165) is 59.8 Å². The van der Waals surface area contributed by atoms with E-state index in [1.807, 2.05) is 0 Å². The molecular formula is C26H49NOS2. The lowest BCUT2D eigenvalue weighted by Crippen LogP contribution is -2.32. The van der Waals surface area contributed by atoms with Crippen molar-refractivity contribution in [2.24, 2.45) is 0 Å². The van der Waals surface area contributed by atoms with Gasteiger partial charge in [0.15, 0.2) is 0 Å². The molecule has 2 rings (SSSR count). The van der Waals surface area contributed by atoms with Gasteiger partial charge in [0.25, 0.3) is 0 Å². The van der Waals surface area contributed by atoms with Crippen LogP contribution in [0.2, 0.25) is 0 Å². The van der Waals surface area contributed by atoms with Gasteiger partial charge in [-0.25, -0.2) is 0 Å². The first-order chi connectivity index (χ1) is 14.7. The third-order valence-corrected chi connectivity index (χ3v) is 9.67. The van der Waals surface area contributed by atoms with E-state index in [1.165, 1.54) is 77.0 Å². The number of hydrogen-bond acceptors (Lipinski definition) is 3. The Morgan fingerprint density at radius 1 is 0.633 bits per heavy atom. The molecule has 4 heteroatoms. The maximum atomic E-state index is 12.5. The summed E-state index contributed by atoms with van der Waals surface area (Å²) < 4.78 is 0. The molecule has 0 N–H and O–H groups in total. The zero-order chi connectivity index (χ0) is 21.6. The molecule has 2 fully saturated rings. The second kappa shape index (κ2) is 15.9. The number of nitrogens with zero attached hydrogens (tertiary/aromatic N) is 1. The summed E-state index contributed by atoms with van der Waals surface area (Å²) in [5.41, 5.74) is 0. The number of thioether (sulfide) groups is 2. The van der Waals surface area contributed by atoms with E-state index < -0.39 is 0 Å².